The zero-order valence-corrected chi connectivity index (χ0v) is 19.0. The van der Waals surface area contributed by atoms with Crippen molar-refractivity contribution >= 4 is 18.6 Å². The van der Waals surface area contributed by atoms with Crippen LogP contribution >= 0.6 is 7.82 Å². The number of fused-ring (bicyclic) bond motifs is 1. The van der Waals surface area contributed by atoms with Gasteiger partial charge in [-0.2, -0.15) is 4.57 Å². The quantitative estimate of drug-likeness (QED) is 0.293. The second kappa shape index (κ2) is 8.49. The maximum atomic E-state index is 13.9. The molecule has 0 aliphatic rings. The molecule has 4 nitrogen and oxygen atoms in total. The molecule has 158 valence electrons. The van der Waals surface area contributed by atoms with Crippen molar-refractivity contribution in [3.8, 4) is 17.2 Å². The first-order valence-electron chi connectivity index (χ1n) is 10.1. The van der Waals surface area contributed by atoms with Gasteiger partial charge in [0.15, 0.2) is 0 Å². The Kier molecular flexibility index (Phi) is 5.75. The first-order chi connectivity index (χ1) is 14.8. The van der Waals surface area contributed by atoms with Gasteiger partial charge >= 0.3 is 7.82 Å². The molecule has 0 aliphatic heterocycles. The van der Waals surface area contributed by atoms with Crippen LogP contribution in [0.1, 0.15) is 22.3 Å². The van der Waals surface area contributed by atoms with Crippen molar-refractivity contribution < 1.29 is 18.1 Å². The predicted molar refractivity (Wildman–Crippen MR) is 125 cm³/mol. The molecule has 4 rings (SSSR count). The van der Waals surface area contributed by atoms with Crippen molar-refractivity contribution in [1.29, 1.82) is 0 Å². The molecule has 0 atom stereocenters. The fourth-order valence-electron chi connectivity index (χ4n) is 3.45. The molecule has 0 amide bonds. The van der Waals surface area contributed by atoms with E-state index >= 15 is 0 Å². The molecule has 0 unspecified atom stereocenters. The molecular formula is C26H25O4P. The molecule has 0 radical (unpaired) electrons. The molecular weight excluding hydrogens is 407 g/mol. The van der Waals surface area contributed by atoms with Gasteiger partial charge in [0.2, 0.25) is 0 Å². The fraction of sp³-hybridized carbons (Fsp3) is 0.154. The fourth-order valence-corrected chi connectivity index (χ4v) is 4.83. The van der Waals surface area contributed by atoms with Crippen LogP contribution in [0.2, 0.25) is 0 Å². The summed E-state index contributed by atoms with van der Waals surface area (Å²) >= 11 is 0. The molecule has 0 aliphatic carbocycles. The topological polar surface area (TPSA) is 44.8 Å². The van der Waals surface area contributed by atoms with Crippen molar-refractivity contribution in [3.05, 3.63) is 101 Å². The first-order valence-corrected chi connectivity index (χ1v) is 11.6. The molecule has 0 aromatic heterocycles. The smallest absolute Gasteiger partial charge is 0.386 e. The summed E-state index contributed by atoms with van der Waals surface area (Å²) in [5.74, 6) is 1.33. The Morgan fingerprint density at radius 1 is 0.581 bits per heavy atom. The Bertz CT molecular complexity index is 1240. The lowest BCUT2D eigenvalue weighted by Gasteiger charge is -2.21. The second-order valence-electron chi connectivity index (χ2n) is 7.77. The lowest BCUT2D eigenvalue weighted by atomic mass is 10.1. The van der Waals surface area contributed by atoms with Crippen molar-refractivity contribution in [2.75, 3.05) is 0 Å². The molecule has 0 bridgehead atoms. The third-order valence-corrected chi connectivity index (χ3v) is 6.29. The Morgan fingerprint density at radius 3 is 1.68 bits per heavy atom. The SMILES string of the molecule is Cc1ccc(OP(=O)(Oc2ccc3ccccc3c2)Oc2ccc(C)cc2C)c(C)c1. The Balaban J connectivity index is 1.72. The molecule has 0 heterocycles. The van der Waals surface area contributed by atoms with E-state index in [0.29, 0.717) is 17.2 Å². The Hall–Kier alpha value is -3.23. The van der Waals surface area contributed by atoms with Crippen LogP contribution in [0.15, 0.2) is 78.9 Å². The van der Waals surface area contributed by atoms with E-state index in [-0.39, 0.29) is 0 Å². The summed E-state index contributed by atoms with van der Waals surface area (Å²) in [6.07, 6.45) is 0. The maximum Gasteiger partial charge on any atom is 0.647 e. The second-order valence-corrected chi connectivity index (χ2v) is 9.21. The summed E-state index contributed by atoms with van der Waals surface area (Å²) in [7, 11) is -4.05. The van der Waals surface area contributed by atoms with Gasteiger partial charge < -0.3 is 13.6 Å². The summed E-state index contributed by atoms with van der Waals surface area (Å²) in [5, 5.41) is 2.04. The van der Waals surface area contributed by atoms with E-state index in [0.717, 1.165) is 33.0 Å². The van der Waals surface area contributed by atoms with Crippen molar-refractivity contribution in [3.63, 3.8) is 0 Å². The molecule has 31 heavy (non-hydrogen) atoms. The van der Waals surface area contributed by atoms with Crippen LogP contribution in [0.3, 0.4) is 0 Å². The van der Waals surface area contributed by atoms with Gasteiger partial charge in [-0.05, 0) is 73.9 Å². The van der Waals surface area contributed by atoms with Crippen LogP contribution in [0, 0.1) is 27.7 Å². The number of rotatable bonds is 6. The maximum absolute atomic E-state index is 13.9. The number of phosphoric acid groups is 1. The van der Waals surface area contributed by atoms with Crippen LogP contribution in [0.5, 0.6) is 17.2 Å². The summed E-state index contributed by atoms with van der Waals surface area (Å²) in [5.41, 5.74) is 3.88. The number of benzene rings is 4. The number of phosphoric ester groups is 1. The lowest BCUT2D eigenvalue weighted by molar-refractivity contribution is 0.297. The highest BCUT2D eigenvalue weighted by molar-refractivity contribution is 7.49. The van der Waals surface area contributed by atoms with Gasteiger partial charge in [0.25, 0.3) is 0 Å². The van der Waals surface area contributed by atoms with Crippen molar-refractivity contribution in [2.24, 2.45) is 0 Å². The average molecular weight is 432 g/mol. The monoisotopic (exact) mass is 432 g/mol. The zero-order valence-electron chi connectivity index (χ0n) is 18.1. The molecule has 5 heteroatoms. The van der Waals surface area contributed by atoms with Crippen molar-refractivity contribution in [2.45, 2.75) is 27.7 Å². The van der Waals surface area contributed by atoms with Crippen LogP contribution in [0.4, 0.5) is 0 Å². The largest absolute Gasteiger partial charge is 0.647 e. The average Bonchev–Trinajstić information content (AvgIpc) is 2.72. The van der Waals surface area contributed by atoms with Gasteiger partial charge in [0, 0.05) is 0 Å². The third-order valence-electron chi connectivity index (χ3n) is 5.02. The molecule has 0 saturated heterocycles. The highest BCUT2D eigenvalue weighted by Gasteiger charge is 2.34. The normalized spacial score (nSPS) is 11.4. The minimum absolute atomic E-state index is 0.413. The van der Waals surface area contributed by atoms with Gasteiger partial charge in [-0.3, -0.25) is 0 Å². The minimum atomic E-state index is -4.05. The van der Waals surface area contributed by atoms with Gasteiger partial charge in [-0.15, -0.1) is 0 Å². The van der Waals surface area contributed by atoms with Crippen LogP contribution in [-0.4, -0.2) is 0 Å². The Labute approximate surface area is 183 Å². The Morgan fingerprint density at radius 2 is 1.13 bits per heavy atom. The van der Waals surface area contributed by atoms with E-state index in [9.17, 15) is 4.57 Å². The highest BCUT2D eigenvalue weighted by atomic mass is 31.2. The van der Waals surface area contributed by atoms with E-state index in [2.05, 4.69) is 0 Å². The molecule has 0 saturated carbocycles. The van der Waals surface area contributed by atoms with E-state index in [1.165, 1.54) is 0 Å². The minimum Gasteiger partial charge on any atom is -0.386 e. The van der Waals surface area contributed by atoms with Gasteiger partial charge in [0.1, 0.15) is 17.2 Å². The van der Waals surface area contributed by atoms with E-state index in [1.807, 2.05) is 88.4 Å². The van der Waals surface area contributed by atoms with E-state index in [1.54, 1.807) is 18.2 Å². The molecule has 4 aromatic carbocycles. The third kappa shape index (κ3) is 4.92. The number of hydrogen-bond donors (Lipinski definition) is 0. The zero-order chi connectivity index (χ0) is 22.0. The van der Waals surface area contributed by atoms with Crippen LogP contribution in [0.25, 0.3) is 10.8 Å². The van der Waals surface area contributed by atoms with Crippen LogP contribution in [-0.2, 0) is 4.57 Å². The van der Waals surface area contributed by atoms with Gasteiger partial charge in [-0.1, -0.05) is 65.7 Å². The summed E-state index contributed by atoms with van der Waals surface area (Å²) in [6.45, 7) is 7.79. The summed E-state index contributed by atoms with van der Waals surface area (Å²) in [4.78, 5) is 0. The standard InChI is InChI=1S/C26H25O4P/c1-18-9-13-25(20(3)15-18)29-31(27,30-26-14-10-19(2)16-21(26)4)28-24-12-11-22-7-5-6-8-23(22)17-24/h5-17H,1-4H3. The molecule has 0 spiro atoms. The summed E-state index contributed by atoms with van der Waals surface area (Å²) < 4.78 is 31.6. The lowest BCUT2D eigenvalue weighted by Crippen LogP contribution is -2.09. The van der Waals surface area contributed by atoms with Gasteiger partial charge in [-0.25, -0.2) is 0 Å². The first kappa shape index (κ1) is 21.0. The molecule has 0 N–H and O–H groups in total. The van der Waals surface area contributed by atoms with E-state index in [4.69, 9.17) is 13.6 Å². The molecule has 0 fully saturated rings. The molecule has 4 aromatic rings. The number of aryl methyl sites for hydroxylation is 4. The van der Waals surface area contributed by atoms with Gasteiger partial charge in [0.05, 0.1) is 0 Å². The van der Waals surface area contributed by atoms with Crippen molar-refractivity contribution in [1.82, 2.24) is 0 Å². The predicted octanol–water partition coefficient (Wildman–Crippen LogP) is 7.72. The van der Waals surface area contributed by atoms with E-state index < -0.39 is 7.82 Å². The summed E-state index contributed by atoms with van der Waals surface area (Å²) in [6, 6.07) is 24.7. The highest BCUT2D eigenvalue weighted by Crippen LogP contribution is 2.51. The van der Waals surface area contributed by atoms with Crippen LogP contribution < -0.4 is 13.6 Å². The number of hydrogen-bond acceptors (Lipinski definition) is 4.